The average Bonchev–Trinajstić information content (AvgIpc) is 3.12. The van der Waals surface area contributed by atoms with Crippen molar-refractivity contribution in [3.63, 3.8) is 0 Å². The van der Waals surface area contributed by atoms with E-state index in [4.69, 9.17) is 11.6 Å². The van der Waals surface area contributed by atoms with Gasteiger partial charge in [-0.2, -0.15) is 0 Å². The molecule has 0 radical (unpaired) electrons. The minimum Gasteiger partial charge on any atom is -0.293 e. The molecule has 0 amide bonds. The van der Waals surface area contributed by atoms with E-state index in [0.29, 0.717) is 16.3 Å². The number of fused-ring (bicyclic) bond motifs is 3. The van der Waals surface area contributed by atoms with Crippen LogP contribution in [0.2, 0.25) is 5.02 Å². The van der Waals surface area contributed by atoms with Crippen LogP contribution in [-0.4, -0.2) is 26.1 Å². The predicted octanol–water partition coefficient (Wildman–Crippen LogP) is 4.57. The highest BCUT2D eigenvalue weighted by molar-refractivity contribution is 7.99. The Labute approximate surface area is 145 Å². The summed E-state index contributed by atoms with van der Waals surface area (Å²) in [7, 11) is 0. The van der Waals surface area contributed by atoms with Gasteiger partial charge in [0.15, 0.2) is 10.9 Å². The lowest BCUT2D eigenvalue weighted by atomic mass is 10.1. The van der Waals surface area contributed by atoms with Crippen LogP contribution < -0.4 is 0 Å². The smallest absolute Gasteiger partial charge is 0.217 e. The number of benzene rings is 2. The van der Waals surface area contributed by atoms with Gasteiger partial charge in [0.05, 0.1) is 16.0 Å². The van der Waals surface area contributed by atoms with Crippen molar-refractivity contribution < 1.29 is 4.79 Å². The molecular weight excluding hydrogens is 350 g/mol. The van der Waals surface area contributed by atoms with E-state index in [-0.39, 0.29) is 5.78 Å². The van der Waals surface area contributed by atoms with Crippen molar-refractivity contribution in [1.82, 2.24) is 14.6 Å². The molecule has 0 unspecified atom stereocenters. The first-order valence-electron chi connectivity index (χ1n) is 6.86. The Morgan fingerprint density at radius 2 is 1.91 bits per heavy atom. The highest BCUT2D eigenvalue weighted by Crippen LogP contribution is 2.29. The summed E-state index contributed by atoms with van der Waals surface area (Å²) in [6, 6.07) is 15.0. The number of ketones is 1. The van der Waals surface area contributed by atoms with Gasteiger partial charge in [-0.1, -0.05) is 46.8 Å². The molecular formula is C16H10ClN3OS2. The number of carbonyl (C=O) groups is 1. The second-order valence-corrected chi connectivity index (χ2v) is 7.28. The average molecular weight is 360 g/mol. The summed E-state index contributed by atoms with van der Waals surface area (Å²) in [5, 5.41) is 9.76. The van der Waals surface area contributed by atoms with Crippen LogP contribution in [0.5, 0.6) is 0 Å². The van der Waals surface area contributed by atoms with Crippen LogP contribution in [0.3, 0.4) is 0 Å². The van der Waals surface area contributed by atoms with Gasteiger partial charge < -0.3 is 0 Å². The van der Waals surface area contributed by atoms with Gasteiger partial charge in [0.1, 0.15) is 0 Å². The maximum Gasteiger partial charge on any atom is 0.217 e. The molecule has 23 heavy (non-hydrogen) atoms. The molecule has 0 atom stereocenters. The summed E-state index contributed by atoms with van der Waals surface area (Å²) in [5.74, 6) is 0.357. The topological polar surface area (TPSA) is 47.3 Å². The van der Waals surface area contributed by atoms with Gasteiger partial charge in [0.25, 0.3) is 0 Å². The van der Waals surface area contributed by atoms with E-state index in [1.807, 2.05) is 22.6 Å². The third-order valence-electron chi connectivity index (χ3n) is 3.41. The van der Waals surface area contributed by atoms with Crippen molar-refractivity contribution in [2.24, 2.45) is 0 Å². The first kappa shape index (κ1) is 14.7. The predicted molar refractivity (Wildman–Crippen MR) is 94.9 cm³/mol. The van der Waals surface area contributed by atoms with Crippen molar-refractivity contribution in [1.29, 1.82) is 0 Å². The zero-order chi connectivity index (χ0) is 15.8. The number of Topliss-reactive ketones (excluding diaryl/α,β-unsaturated/α-hetero) is 1. The lowest BCUT2D eigenvalue weighted by Gasteiger charge is -2.01. The van der Waals surface area contributed by atoms with Gasteiger partial charge in [0.2, 0.25) is 4.96 Å². The Morgan fingerprint density at radius 3 is 2.74 bits per heavy atom. The molecule has 2 aromatic heterocycles. The Balaban J connectivity index is 1.60. The number of carbonyl (C=O) groups excluding carboxylic acids is 1. The van der Waals surface area contributed by atoms with E-state index in [1.54, 1.807) is 35.6 Å². The Hall–Kier alpha value is -1.89. The van der Waals surface area contributed by atoms with Crippen LogP contribution in [0.4, 0.5) is 0 Å². The highest BCUT2D eigenvalue weighted by Gasteiger charge is 2.14. The summed E-state index contributed by atoms with van der Waals surface area (Å²) in [4.78, 5) is 13.1. The molecule has 4 nitrogen and oxygen atoms in total. The van der Waals surface area contributed by atoms with E-state index >= 15 is 0 Å². The molecule has 0 N–H and O–H groups in total. The maximum atomic E-state index is 12.3. The number of aromatic nitrogens is 3. The first-order chi connectivity index (χ1) is 11.2. The number of hydrogen-bond donors (Lipinski definition) is 0. The maximum absolute atomic E-state index is 12.3. The monoisotopic (exact) mass is 359 g/mol. The Kier molecular flexibility index (Phi) is 3.80. The van der Waals surface area contributed by atoms with Gasteiger partial charge in [-0.3, -0.25) is 9.20 Å². The summed E-state index contributed by atoms with van der Waals surface area (Å²) < 4.78 is 3.16. The molecule has 0 aliphatic carbocycles. The molecule has 4 aromatic rings. The van der Waals surface area contributed by atoms with Crippen LogP contribution >= 0.6 is 34.7 Å². The number of thioether (sulfide) groups is 1. The minimum absolute atomic E-state index is 0.0444. The highest BCUT2D eigenvalue weighted by atomic mass is 35.5. The molecule has 0 aliphatic rings. The zero-order valence-electron chi connectivity index (χ0n) is 11.8. The van der Waals surface area contributed by atoms with Crippen molar-refractivity contribution >= 4 is 55.7 Å². The molecule has 114 valence electrons. The minimum atomic E-state index is 0.0444. The second kappa shape index (κ2) is 5.96. The summed E-state index contributed by atoms with van der Waals surface area (Å²) >= 11 is 8.83. The Morgan fingerprint density at radius 1 is 1.13 bits per heavy atom. The number of hydrogen-bond acceptors (Lipinski definition) is 5. The number of halogens is 1. The third kappa shape index (κ3) is 2.73. The number of para-hydroxylation sites is 1. The second-order valence-electron chi connectivity index (χ2n) is 4.89. The van der Waals surface area contributed by atoms with Crippen LogP contribution in [0.25, 0.3) is 15.2 Å². The number of rotatable bonds is 4. The number of thiazole rings is 1. The van der Waals surface area contributed by atoms with Gasteiger partial charge in [-0.15, -0.1) is 10.2 Å². The van der Waals surface area contributed by atoms with Gasteiger partial charge in [0, 0.05) is 10.6 Å². The van der Waals surface area contributed by atoms with Crippen molar-refractivity contribution in [2.75, 3.05) is 5.75 Å². The largest absolute Gasteiger partial charge is 0.293 e. The number of nitrogens with zero attached hydrogens (tertiary/aromatic N) is 3. The molecule has 7 heteroatoms. The van der Waals surface area contributed by atoms with Crippen LogP contribution in [0.1, 0.15) is 10.4 Å². The fourth-order valence-corrected chi connectivity index (χ4v) is 4.29. The summed E-state index contributed by atoms with van der Waals surface area (Å²) in [6.45, 7) is 0. The van der Waals surface area contributed by atoms with E-state index in [9.17, 15) is 4.79 Å². The molecule has 0 bridgehead atoms. The lowest BCUT2D eigenvalue weighted by Crippen LogP contribution is -2.02. The van der Waals surface area contributed by atoms with Crippen molar-refractivity contribution in [3.8, 4) is 0 Å². The van der Waals surface area contributed by atoms with Crippen molar-refractivity contribution in [3.05, 3.63) is 59.1 Å². The van der Waals surface area contributed by atoms with Gasteiger partial charge in [-0.05, 0) is 36.4 Å². The molecule has 0 aliphatic heterocycles. The van der Waals surface area contributed by atoms with E-state index in [2.05, 4.69) is 16.3 Å². The Bertz CT molecular complexity index is 1010. The van der Waals surface area contributed by atoms with E-state index < -0.39 is 0 Å². The molecule has 0 saturated carbocycles. The van der Waals surface area contributed by atoms with Crippen LogP contribution in [0.15, 0.2) is 53.7 Å². The molecule has 4 rings (SSSR count). The quantitative estimate of drug-likeness (QED) is 0.395. The SMILES string of the molecule is O=C(CSc1nnc2sc3ccccc3n12)c1ccc(Cl)cc1. The van der Waals surface area contributed by atoms with Crippen LogP contribution in [0, 0.1) is 0 Å². The molecule has 0 fully saturated rings. The van der Waals surface area contributed by atoms with Gasteiger partial charge in [-0.25, -0.2) is 0 Å². The normalized spacial score (nSPS) is 11.3. The lowest BCUT2D eigenvalue weighted by molar-refractivity contribution is 0.102. The standard InChI is InChI=1S/C16H10ClN3OS2/c17-11-7-5-10(6-8-11)13(21)9-22-15-18-19-16-20(15)12-3-1-2-4-14(12)23-16/h1-8H,9H2. The van der Waals surface area contributed by atoms with Gasteiger partial charge >= 0.3 is 0 Å². The molecule has 2 heterocycles. The molecule has 0 spiro atoms. The summed E-state index contributed by atoms with van der Waals surface area (Å²) in [6.07, 6.45) is 0. The molecule has 0 saturated heterocycles. The first-order valence-corrected chi connectivity index (χ1v) is 9.04. The fourth-order valence-electron chi connectivity index (χ4n) is 2.30. The van der Waals surface area contributed by atoms with E-state index in [0.717, 1.165) is 20.3 Å². The third-order valence-corrected chi connectivity index (χ3v) is 5.60. The van der Waals surface area contributed by atoms with E-state index in [1.165, 1.54) is 11.8 Å². The fraction of sp³-hybridized carbons (Fsp3) is 0.0625. The molecule has 2 aromatic carbocycles. The van der Waals surface area contributed by atoms with Crippen LogP contribution in [-0.2, 0) is 0 Å². The van der Waals surface area contributed by atoms with Crippen molar-refractivity contribution in [2.45, 2.75) is 5.16 Å². The zero-order valence-corrected chi connectivity index (χ0v) is 14.2. The summed E-state index contributed by atoms with van der Waals surface area (Å²) in [5.41, 5.74) is 1.72.